The summed E-state index contributed by atoms with van der Waals surface area (Å²) in [5.41, 5.74) is 3.93. The number of aromatic nitrogens is 1. The van der Waals surface area contributed by atoms with Gasteiger partial charge in [0.2, 0.25) is 8.32 Å². The average Bonchev–Trinajstić information content (AvgIpc) is 2.96. The average molecular weight is 672 g/mol. The zero-order valence-electron chi connectivity index (χ0n) is 30.7. The van der Waals surface area contributed by atoms with Crippen LogP contribution in [0.4, 0.5) is 0 Å². The number of rotatable bonds is 9. The molecule has 9 heteroatoms. The molecule has 2 saturated heterocycles. The van der Waals surface area contributed by atoms with Crippen LogP contribution in [-0.4, -0.2) is 57.6 Å². The first-order chi connectivity index (χ1) is 21.3. The number of aryl methyl sites for hydroxylation is 1. The first-order valence-corrected chi connectivity index (χ1v) is 21.4. The van der Waals surface area contributed by atoms with E-state index in [1.165, 1.54) is 5.56 Å². The van der Waals surface area contributed by atoms with Gasteiger partial charge in [0.1, 0.15) is 30.5 Å². The molecule has 0 amide bonds. The number of nitrogens with zero attached hydrogens (tertiary/aromatic N) is 1. The summed E-state index contributed by atoms with van der Waals surface area (Å²) >= 11 is 0. The number of aliphatic hydroxyl groups is 1. The first kappa shape index (κ1) is 37.2. The molecular weight excluding hydrogens is 611 g/mol. The summed E-state index contributed by atoms with van der Waals surface area (Å²) in [6, 6.07) is 11.7. The summed E-state index contributed by atoms with van der Waals surface area (Å²) in [5.74, 6) is 0. The van der Waals surface area contributed by atoms with Gasteiger partial charge in [0.15, 0.2) is 0 Å². The van der Waals surface area contributed by atoms with E-state index >= 15 is 0 Å². The molecule has 2 aromatic rings. The van der Waals surface area contributed by atoms with Gasteiger partial charge in [0, 0.05) is 27.9 Å². The van der Waals surface area contributed by atoms with E-state index in [9.17, 15) is 9.90 Å². The van der Waals surface area contributed by atoms with Crippen molar-refractivity contribution in [3.63, 3.8) is 0 Å². The minimum Gasteiger partial charge on any atom is -0.408 e. The SMILES string of the molecule is CCc1ccc(Cn2cc([C@@H]3O[C@@H]4CO[Si](C(C)(C)C)(C(C)(C)C)O[C@H]4[C@H](O[Si](C(C)C)(C(C)C)C(C)C)[C@H]3O)ccc2=O)cc1. The highest BCUT2D eigenvalue weighted by Crippen LogP contribution is 2.56. The third kappa shape index (κ3) is 6.80. The Morgan fingerprint density at radius 2 is 1.46 bits per heavy atom. The van der Waals surface area contributed by atoms with E-state index in [0.29, 0.717) is 29.8 Å². The van der Waals surface area contributed by atoms with Gasteiger partial charge in [-0.25, -0.2) is 0 Å². The number of hydrogen-bond donors (Lipinski definition) is 1. The van der Waals surface area contributed by atoms with Crippen molar-refractivity contribution in [1.29, 1.82) is 0 Å². The van der Waals surface area contributed by atoms with Crippen molar-refractivity contribution >= 4 is 16.9 Å². The van der Waals surface area contributed by atoms with Crippen LogP contribution in [-0.2, 0) is 31.0 Å². The van der Waals surface area contributed by atoms with Crippen LogP contribution in [0, 0.1) is 0 Å². The molecule has 0 unspecified atom stereocenters. The summed E-state index contributed by atoms with van der Waals surface area (Å²) in [7, 11) is -5.35. The predicted molar refractivity (Wildman–Crippen MR) is 191 cm³/mol. The van der Waals surface area contributed by atoms with Crippen molar-refractivity contribution in [3.05, 3.63) is 69.6 Å². The Hall–Kier alpha value is -1.60. The van der Waals surface area contributed by atoms with Gasteiger partial charge in [-0.15, -0.1) is 0 Å². The van der Waals surface area contributed by atoms with Crippen molar-refractivity contribution in [2.24, 2.45) is 0 Å². The van der Waals surface area contributed by atoms with Crippen LogP contribution in [0.25, 0.3) is 0 Å². The monoisotopic (exact) mass is 671 g/mol. The third-order valence-electron chi connectivity index (χ3n) is 10.6. The quantitative estimate of drug-likeness (QED) is 0.271. The summed E-state index contributed by atoms with van der Waals surface area (Å²) in [6.07, 6.45) is -0.402. The molecule has 46 heavy (non-hydrogen) atoms. The van der Waals surface area contributed by atoms with Gasteiger partial charge in [0.25, 0.3) is 5.56 Å². The number of benzene rings is 1. The number of aliphatic hydroxyl groups excluding tert-OH is 1. The van der Waals surface area contributed by atoms with Gasteiger partial charge in [-0.1, -0.05) is 114 Å². The van der Waals surface area contributed by atoms with Gasteiger partial charge in [-0.05, 0) is 40.2 Å². The Morgan fingerprint density at radius 1 is 0.913 bits per heavy atom. The fraction of sp³-hybridized carbons (Fsp3) is 0.703. The van der Waals surface area contributed by atoms with Gasteiger partial charge in [0.05, 0.1) is 13.2 Å². The smallest absolute Gasteiger partial charge is 0.349 e. The second-order valence-corrected chi connectivity index (χ2v) is 26.8. The Morgan fingerprint density at radius 3 is 1.96 bits per heavy atom. The molecule has 4 rings (SSSR count). The molecule has 5 atom stereocenters. The van der Waals surface area contributed by atoms with Gasteiger partial charge >= 0.3 is 8.56 Å². The molecule has 2 fully saturated rings. The van der Waals surface area contributed by atoms with Crippen molar-refractivity contribution in [2.75, 3.05) is 6.61 Å². The number of ether oxygens (including phenoxy) is 1. The molecule has 2 aliphatic heterocycles. The molecule has 1 aromatic heterocycles. The molecule has 0 bridgehead atoms. The lowest BCUT2D eigenvalue weighted by Gasteiger charge is -2.59. The van der Waals surface area contributed by atoms with E-state index in [0.717, 1.165) is 17.5 Å². The highest BCUT2D eigenvalue weighted by molar-refractivity contribution is 6.77. The molecule has 0 saturated carbocycles. The maximum Gasteiger partial charge on any atom is 0.349 e. The first-order valence-electron chi connectivity index (χ1n) is 17.4. The van der Waals surface area contributed by atoms with Gasteiger partial charge in [-0.3, -0.25) is 4.79 Å². The number of fused-ring (bicyclic) bond motifs is 1. The Labute approximate surface area is 280 Å². The number of hydrogen-bond acceptors (Lipinski definition) is 6. The van der Waals surface area contributed by atoms with Gasteiger partial charge in [-0.2, -0.15) is 0 Å². The molecule has 0 radical (unpaired) electrons. The summed E-state index contributed by atoms with van der Waals surface area (Å²) in [4.78, 5) is 13.0. The molecule has 1 N–H and O–H groups in total. The fourth-order valence-electron chi connectivity index (χ4n) is 8.51. The van der Waals surface area contributed by atoms with Crippen molar-refractivity contribution in [3.8, 4) is 0 Å². The summed E-state index contributed by atoms with van der Waals surface area (Å²) < 4.78 is 30.1. The normalized spacial score (nSPS) is 25.7. The maximum atomic E-state index is 13.0. The molecule has 1 aromatic carbocycles. The van der Waals surface area contributed by atoms with Crippen LogP contribution >= 0.6 is 0 Å². The van der Waals surface area contributed by atoms with E-state index in [4.69, 9.17) is 18.0 Å². The molecule has 258 valence electrons. The molecular formula is C37H61NO6Si2. The Balaban J connectivity index is 1.79. The van der Waals surface area contributed by atoms with E-state index in [2.05, 4.69) is 114 Å². The van der Waals surface area contributed by atoms with Crippen molar-refractivity contribution in [2.45, 2.75) is 160 Å². The second-order valence-electron chi connectivity index (χ2n) is 16.6. The fourth-order valence-corrected chi connectivity index (χ4v) is 19.0. The maximum absolute atomic E-state index is 13.0. The van der Waals surface area contributed by atoms with Crippen LogP contribution in [0.1, 0.15) is 113 Å². The molecule has 0 aliphatic carbocycles. The standard InChI is InChI=1S/C37H61NO6Si2/c1-14-27-15-17-28(18-16-27)21-38-22-29(19-20-31(38)39)33-32(40)35(43-45(24(2)3,25(4)5)26(6)7)34-30(42-33)23-41-46(44-34,36(8,9)10)37(11,12)13/h15-20,22,24-26,30,32-35,40H,14,21,23H2,1-13H3/t30-,32+,33+,34-,35-/m1/s1. The molecule has 7 nitrogen and oxygen atoms in total. The second kappa shape index (κ2) is 13.7. The number of pyridine rings is 1. The predicted octanol–water partition coefficient (Wildman–Crippen LogP) is 8.28. The minimum atomic E-state index is -2.89. The van der Waals surface area contributed by atoms with E-state index in [1.54, 1.807) is 16.7 Å². The van der Waals surface area contributed by atoms with Crippen LogP contribution < -0.4 is 5.56 Å². The highest BCUT2D eigenvalue weighted by atomic mass is 28.4. The minimum absolute atomic E-state index is 0.0967. The third-order valence-corrected chi connectivity index (χ3v) is 21.8. The van der Waals surface area contributed by atoms with E-state index in [-0.39, 0.29) is 15.6 Å². The van der Waals surface area contributed by atoms with Crippen LogP contribution in [0.3, 0.4) is 0 Å². The topological polar surface area (TPSA) is 79.2 Å². The van der Waals surface area contributed by atoms with Crippen LogP contribution in [0.15, 0.2) is 47.4 Å². The summed E-state index contributed by atoms with van der Waals surface area (Å²) in [6.45, 7) is 29.8. The lowest BCUT2D eigenvalue weighted by atomic mass is 9.92. The zero-order valence-corrected chi connectivity index (χ0v) is 32.7. The lowest BCUT2D eigenvalue weighted by Crippen LogP contribution is -2.71. The van der Waals surface area contributed by atoms with Crippen LogP contribution in [0.2, 0.25) is 26.7 Å². The highest BCUT2D eigenvalue weighted by Gasteiger charge is 2.65. The van der Waals surface area contributed by atoms with E-state index in [1.807, 2.05) is 6.20 Å². The Bertz CT molecular complexity index is 1340. The van der Waals surface area contributed by atoms with Crippen molar-refractivity contribution < 1.29 is 23.1 Å². The van der Waals surface area contributed by atoms with Gasteiger partial charge < -0.3 is 27.7 Å². The molecule has 0 spiro atoms. The molecule has 2 aliphatic rings. The lowest BCUT2D eigenvalue weighted by molar-refractivity contribution is -0.243. The van der Waals surface area contributed by atoms with E-state index < -0.39 is 47.4 Å². The van der Waals surface area contributed by atoms with Crippen LogP contribution in [0.5, 0.6) is 0 Å². The zero-order chi connectivity index (χ0) is 34.4. The van der Waals surface area contributed by atoms with Crippen molar-refractivity contribution in [1.82, 2.24) is 4.57 Å². The largest absolute Gasteiger partial charge is 0.408 e. The summed E-state index contributed by atoms with van der Waals surface area (Å²) in [5, 5.41) is 11.9. The Kier molecular flexibility index (Phi) is 11.1. The molecule has 3 heterocycles.